The van der Waals surface area contributed by atoms with Crippen LogP contribution in [0.3, 0.4) is 0 Å². The van der Waals surface area contributed by atoms with Crippen molar-refractivity contribution >= 4 is 22.2 Å². The van der Waals surface area contributed by atoms with Gasteiger partial charge in [0.05, 0.1) is 18.1 Å². The van der Waals surface area contributed by atoms with Gasteiger partial charge in [0, 0.05) is 25.0 Å². The summed E-state index contributed by atoms with van der Waals surface area (Å²) >= 11 is 0. The number of sulfone groups is 1. The highest BCUT2D eigenvalue weighted by Crippen LogP contribution is 2.40. The van der Waals surface area contributed by atoms with Crippen molar-refractivity contribution in [3.8, 4) is 5.75 Å². The van der Waals surface area contributed by atoms with Gasteiger partial charge in [0.15, 0.2) is 9.84 Å². The molecule has 0 N–H and O–H groups in total. The van der Waals surface area contributed by atoms with E-state index >= 15 is 0 Å². The number of hydrogen-bond acceptors (Lipinski definition) is 4. The molecule has 3 aliphatic rings. The molecule has 0 bridgehead atoms. The van der Waals surface area contributed by atoms with Crippen LogP contribution in [0.4, 0.5) is 4.39 Å². The minimum atomic E-state index is -2.97. The smallest absolute Gasteiger partial charge is 0.150 e. The highest BCUT2D eigenvalue weighted by atomic mass is 35.5. The van der Waals surface area contributed by atoms with E-state index in [1.807, 2.05) is 12.1 Å². The summed E-state index contributed by atoms with van der Waals surface area (Å²) in [5, 5.41) is 0. The third-order valence-electron chi connectivity index (χ3n) is 7.68. The third-order valence-corrected chi connectivity index (χ3v) is 9.57. The molecule has 2 aromatic rings. The Morgan fingerprint density at radius 1 is 1.03 bits per heavy atom. The van der Waals surface area contributed by atoms with E-state index in [4.69, 9.17) is 4.74 Å². The van der Waals surface area contributed by atoms with Gasteiger partial charge in [-0.1, -0.05) is 36.4 Å². The molecule has 1 saturated carbocycles. The normalized spacial score (nSPS) is 24.5. The first kappa shape index (κ1) is 26.4. The first-order valence-electron chi connectivity index (χ1n) is 12.8. The van der Waals surface area contributed by atoms with Gasteiger partial charge in [0.2, 0.25) is 0 Å². The molecule has 0 radical (unpaired) electrons. The van der Waals surface area contributed by atoms with Gasteiger partial charge >= 0.3 is 0 Å². The fourth-order valence-corrected chi connectivity index (χ4v) is 7.51. The van der Waals surface area contributed by atoms with E-state index in [0.29, 0.717) is 49.6 Å². The van der Waals surface area contributed by atoms with Crippen LogP contribution < -0.4 is 4.74 Å². The summed E-state index contributed by atoms with van der Waals surface area (Å²) in [6, 6.07) is 17.2. The largest absolute Gasteiger partial charge is 0.494 e. The first-order chi connectivity index (χ1) is 16.5. The lowest BCUT2D eigenvalue weighted by molar-refractivity contribution is 0.174. The van der Waals surface area contributed by atoms with Gasteiger partial charge in [-0.05, 0) is 79.7 Å². The number of alkyl halides is 1. The molecule has 1 aliphatic heterocycles. The number of benzene rings is 2. The summed E-state index contributed by atoms with van der Waals surface area (Å²) in [6.45, 7) is 1.78. The summed E-state index contributed by atoms with van der Waals surface area (Å²) < 4.78 is 44.5. The zero-order valence-electron chi connectivity index (χ0n) is 20.3. The van der Waals surface area contributed by atoms with E-state index in [0.717, 1.165) is 44.4 Å². The predicted octanol–water partition coefficient (Wildman–Crippen LogP) is 5.39. The molecule has 1 heterocycles. The maximum Gasteiger partial charge on any atom is 0.150 e. The van der Waals surface area contributed by atoms with Crippen LogP contribution in [0.2, 0.25) is 0 Å². The number of ether oxygens (including phenoxy) is 1. The maximum absolute atomic E-state index is 14.1. The van der Waals surface area contributed by atoms with Crippen molar-refractivity contribution in [1.82, 2.24) is 4.90 Å². The highest BCUT2D eigenvalue weighted by Gasteiger charge is 2.37. The average molecular weight is 522 g/mol. The molecule has 0 aromatic heterocycles. The van der Waals surface area contributed by atoms with Crippen molar-refractivity contribution < 1.29 is 17.5 Å². The minimum absolute atomic E-state index is 0. The van der Waals surface area contributed by atoms with Gasteiger partial charge in [-0.25, -0.2) is 12.8 Å². The van der Waals surface area contributed by atoms with Crippen LogP contribution in [-0.4, -0.2) is 56.7 Å². The summed E-state index contributed by atoms with van der Waals surface area (Å²) in [7, 11) is -2.97. The monoisotopic (exact) mass is 521 g/mol. The molecule has 2 fully saturated rings. The van der Waals surface area contributed by atoms with E-state index in [-0.39, 0.29) is 18.2 Å². The van der Waals surface area contributed by atoms with Crippen molar-refractivity contribution in [1.29, 1.82) is 0 Å². The molecule has 4 nitrogen and oxygen atoms in total. The lowest BCUT2D eigenvalue weighted by Gasteiger charge is -2.39. The Morgan fingerprint density at radius 3 is 2.54 bits per heavy atom. The van der Waals surface area contributed by atoms with Gasteiger partial charge in [0.1, 0.15) is 11.9 Å². The second-order valence-corrected chi connectivity index (χ2v) is 12.6. The van der Waals surface area contributed by atoms with E-state index in [1.54, 1.807) is 0 Å². The average Bonchev–Trinajstić information content (AvgIpc) is 3.53. The molecular formula is C28H37ClFNO3S. The fraction of sp³-hybridized carbons (Fsp3) is 0.571. The number of nitrogens with zero attached hydrogens (tertiary/aromatic N) is 1. The van der Waals surface area contributed by atoms with E-state index in [1.165, 1.54) is 16.7 Å². The maximum atomic E-state index is 14.1. The van der Waals surface area contributed by atoms with Crippen LogP contribution in [0.25, 0.3) is 0 Å². The summed E-state index contributed by atoms with van der Waals surface area (Å²) in [5.41, 5.74) is 3.96. The zero-order chi connectivity index (χ0) is 23.5. The Morgan fingerprint density at radius 2 is 1.83 bits per heavy atom. The molecule has 2 aromatic carbocycles. The SMILES string of the molecule is Cl.O=S(=O)(CCCOc1ccc2c(c1)C(Cc1ccccc1)C(N1CCC(F)C1)CC2)CC1CC1. The molecule has 7 heteroatoms. The summed E-state index contributed by atoms with van der Waals surface area (Å²) in [5.74, 6) is 2.03. The predicted molar refractivity (Wildman–Crippen MR) is 141 cm³/mol. The third kappa shape index (κ3) is 6.99. The molecule has 192 valence electrons. The van der Waals surface area contributed by atoms with Crippen LogP contribution in [0.15, 0.2) is 48.5 Å². The second kappa shape index (κ2) is 11.6. The van der Waals surface area contributed by atoms with Gasteiger partial charge in [-0.15, -0.1) is 12.4 Å². The summed E-state index contributed by atoms with van der Waals surface area (Å²) in [4.78, 5) is 2.36. The number of hydrogen-bond donors (Lipinski definition) is 0. The van der Waals surface area contributed by atoms with Crippen molar-refractivity contribution in [2.24, 2.45) is 5.92 Å². The van der Waals surface area contributed by atoms with E-state index in [9.17, 15) is 12.8 Å². The Bertz CT molecular complexity index is 1080. The van der Waals surface area contributed by atoms with Crippen molar-refractivity contribution in [2.45, 2.75) is 63.1 Å². The lowest BCUT2D eigenvalue weighted by Crippen LogP contribution is -2.42. The topological polar surface area (TPSA) is 46.6 Å². The Labute approximate surface area is 215 Å². The zero-order valence-corrected chi connectivity index (χ0v) is 21.9. The van der Waals surface area contributed by atoms with Gasteiger partial charge in [-0.3, -0.25) is 4.90 Å². The van der Waals surface area contributed by atoms with Crippen LogP contribution in [0, 0.1) is 5.92 Å². The number of rotatable bonds is 10. The first-order valence-corrected chi connectivity index (χ1v) is 14.7. The molecular weight excluding hydrogens is 485 g/mol. The number of aryl methyl sites for hydroxylation is 1. The molecule has 1 saturated heterocycles. The number of likely N-dealkylation sites (tertiary alicyclic amines) is 1. The Balaban J connectivity index is 0.00000289. The van der Waals surface area contributed by atoms with Crippen molar-refractivity contribution in [3.63, 3.8) is 0 Å². The van der Waals surface area contributed by atoms with Crippen molar-refractivity contribution in [3.05, 3.63) is 65.2 Å². The van der Waals surface area contributed by atoms with Gasteiger partial charge in [0.25, 0.3) is 0 Å². The second-order valence-electron chi connectivity index (χ2n) is 10.4. The van der Waals surface area contributed by atoms with E-state index < -0.39 is 16.0 Å². The molecule has 0 spiro atoms. The van der Waals surface area contributed by atoms with Crippen LogP contribution >= 0.6 is 12.4 Å². The number of fused-ring (bicyclic) bond motifs is 1. The minimum Gasteiger partial charge on any atom is -0.494 e. The fourth-order valence-electron chi connectivity index (χ4n) is 5.74. The highest BCUT2D eigenvalue weighted by molar-refractivity contribution is 7.91. The Hall–Kier alpha value is -1.63. The number of halogens is 2. The van der Waals surface area contributed by atoms with Crippen molar-refractivity contribution in [2.75, 3.05) is 31.2 Å². The molecule has 2 aliphatic carbocycles. The van der Waals surface area contributed by atoms with Crippen LogP contribution in [0.1, 0.15) is 54.7 Å². The Kier molecular flexibility index (Phi) is 8.77. The van der Waals surface area contributed by atoms with Gasteiger partial charge < -0.3 is 4.74 Å². The standard InChI is InChI=1S/C28H36FNO3S.ClH/c29-24-13-14-30(19-24)28-12-10-23-9-11-25(33-15-4-16-34(31,32)20-22-7-8-22)18-26(23)27(28)17-21-5-2-1-3-6-21;/h1-3,5-6,9,11,18,22,24,27-28H,4,7-8,10,12-17,19-20H2;1H. The molecule has 3 atom stereocenters. The lowest BCUT2D eigenvalue weighted by atomic mass is 9.75. The molecule has 5 rings (SSSR count). The summed E-state index contributed by atoms with van der Waals surface area (Å²) in [6.07, 6.45) is 5.52. The van der Waals surface area contributed by atoms with Crippen LogP contribution in [-0.2, 0) is 22.7 Å². The van der Waals surface area contributed by atoms with E-state index in [2.05, 4.69) is 41.3 Å². The van der Waals surface area contributed by atoms with Gasteiger partial charge in [-0.2, -0.15) is 0 Å². The quantitative estimate of drug-likeness (QED) is 0.393. The molecule has 3 unspecified atom stereocenters. The van der Waals surface area contributed by atoms with Crippen LogP contribution in [0.5, 0.6) is 5.75 Å². The molecule has 35 heavy (non-hydrogen) atoms. The molecule has 0 amide bonds.